The van der Waals surface area contributed by atoms with Gasteiger partial charge in [-0.2, -0.15) is 0 Å². The zero-order chi connectivity index (χ0) is 19.8. The fourth-order valence-electron chi connectivity index (χ4n) is 3.01. The van der Waals surface area contributed by atoms with Crippen LogP contribution in [-0.4, -0.2) is 63.2 Å². The largest absolute Gasteiger partial charge is 0.497 e. The van der Waals surface area contributed by atoms with Gasteiger partial charge in [-0.25, -0.2) is 0 Å². The number of nitrogens with zero attached hydrogens (tertiary/aromatic N) is 2. The van der Waals surface area contributed by atoms with Gasteiger partial charge in [0.1, 0.15) is 11.5 Å². The predicted molar refractivity (Wildman–Crippen MR) is 107 cm³/mol. The Morgan fingerprint density at radius 2 is 1.57 bits per heavy atom. The Bertz CT molecular complexity index is 772. The zero-order valence-electron chi connectivity index (χ0n) is 16.0. The number of hydrogen-bond donors (Lipinski definition) is 1. The number of carbonyl (C=O) groups excluding carboxylic acids is 2. The summed E-state index contributed by atoms with van der Waals surface area (Å²) in [6.07, 6.45) is 0. The van der Waals surface area contributed by atoms with Gasteiger partial charge in [0.05, 0.1) is 13.7 Å². The minimum Gasteiger partial charge on any atom is -0.497 e. The van der Waals surface area contributed by atoms with Gasteiger partial charge in [0.15, 0.2) is 6.61 Å². The highest BCUT2D eigenvalue weighted by Gasteiger charge is 2.21. The molecule has 0 aromatic heterocycles. The van der Waals surface area contributed by atoms with E-state index in [4.69, 9.17) is 9.47 Å². The van der Waals surface area contributed by atoms with Gasteiger partial charge in [0, 0.05) is 31.9 Å². The molecule has 7 nitrogen and oxygen atoms in total. The predicted octanol–water partition coefficient (Wildman–Crippen LogP) is 1.54. The fraction of sp³-hybridized carbons (Fsp3) is 0.333. The lowest BCUT2D eigenvalue weighted by atomic mass is 10.2. The first-order valence-corrected chi connectivity index (χ1v) is 9.27. The number of para-hydroxylation sites is 1. The van der Waals surface area contributed by atoms with Crippen LogP contribution in [0.2, 0.25) is 0 Å². The van der Waals surface area contributed by atoms with Crippen LogP contribution in [0.4, 0.5) is 5.69 Å². The SMILES string of the molecule is COc1ccc(OCC(=O)NCC(=O)N2CCN(c3ccccc3)CC2)cc1. The first-order valence-electron chi connectivity index (χ1n) is 9.27. The van der Waals surface area contributed by atoms with Crippen molar-refractivity contribution in [3.05, 3.63) is 54.6 Å². The van der Waals surface area contributed by atoms with Gasteiger partial charge in [-0.05, 0) is 36.4 Å². The molecular weight excluding hydrogens is 358 g/mol. The Labute approximate surface area is 164 Å². The molecule has 1 N–H and O–H groups in total. The first-order chi connectivity index (χ1) is 13.7. The molecule has 28 heavy (non-hydrogen) atoms. The molecular formula is C21H25N3O4. The molecule has 7 heteroatoms. The van der Waals surface area contributed by atoms with Crippen molar-refractivity contribution in [2.45, 2.75) is 0 Å². The molecule has 2 amide bonds. The normalized spacial score (nSPS) is 13.8. The fourth-order valence-corrected chi connectivity index (χ4v) is 3.01. The van der Waals surface area contributed by atoms with Crippen molar-refractivity contribution in [1.29, 1.82) is 0 Å². The molecule has 0 unspecified atom stereocenters. The summed E-state index contributed by atoms with van der Waals surface area (Å²) in [5.41, 5.74) is 1.17. The van der Waals surface area contributed by atoms with Gasteiger partial charge >= 0.3 is 0 Å². The number of amides is 2. The third-order valence-electron chi connectivity index (χ3n) is 4.62. The lowest BCUT2D eigenvalue weighted by Crippen LogP contribution is -2.51. The van der Waals surface area contributed by atoms with E-state index in [-0.39, 0.29) is 25.0 Å². The van der Waals surface area contributed by atoms with Crippen LogP contribution in [0.25, 0.3) is 0 Å². The second kappa shape index (κ2) is 9.64. The van der Waals surface area contributed by atoms with Crippen LogP contribution in [0.15, 0.2) is 54.6 Å². The van der Waals surface area contributed by atoms with Gasteiger partial charge in [-0.15, -0.1) is 0 Å². The Hall–Kier alpha value is -3.22. The van der Waals surface area contributed by atoms with Crippen molar-refractivity contribution < 1.29 is 19.1 Å². The lowest BCUT2D eigenvalue weighted by Gasteiger charge is -2.36. The summed E-state index contributed by atoms with van der Waals surface area (Å²) < 4.78 is 10.5. The number of rotatable bonds is 7. The minimum absolute atomic E-state index is 0.0177. The Morgan fingerprint density at radius 3 is 2.21 bits per heavy atom. The molecule has 0 spiro atoms. The van der Waals surface area contributed by atoms with E-state index in [1.807, 2.05) is 18.2 Å². The molecule has 148 valence electrons. The molecule has 1 aliphatic rings. The first kappa shape index (κ1) is 19.5. The van der Waals surface area contributed by atoms with Crippen molar-refractivity contribution in [3.8, 4) is 11.5 Å². The minimum atomic E-state index is -0.327. The highest BCUT2D eigenvalue weighted by atomic mass is 16.5. The number of piperazine rings is 1. The molecule has 2 aromatic rings. The number of carbonyl (C=O) groups is 2. The average molecular weight is 383 g/mol. The van der Waals surface area contributed by atoms with E-state index in [2.05, 4.69) is 22.3 Å². The van der Waals surface area contributed by atoms with E-state index in [1.165, 1.54) is 5.69 Å². The van der Waals surface area contributed by atoms with E-state index < -0.39 is 0 Å². The third-order valence-corrected chi connectivity index (χ3v) is 4.62. The van der Waals surface area contributed by atoms with Crippen molar-refractivity contribution in [1.82, 2.24) is 10.2 Å². The highest BCUT2D eigenvalue weighted by Crippen LogP contribution is 2.17. The molecule has 1 aliphatic heterocycles. The topological polar surface area (TPSA) is 71.1 Å². The summed E-state index contributed by atoms with van der Waals surface area (Å²) in [5, 5.41) is 2.62. The van der Waals surface area contributed by atoms with Crippen molar-refractivity contribution in [2.75, 3.05) is 51.3 Å². The molecule has 0 radical (unpaired) electrons. The molecule has 0 atom stereocenters. The van der Waals surface area contributed by atoms with Crippen LogP contribution in [0, 0.1) is 0 Å². The van der Waals surface area contributed by atoms with Crippen LogP contribution in [0.3, 0.4) is 0 Å². The summed E-state index contributed by atoms with van der Waals surface area (Å²) in [6.45, 7) is 2.70. The summed E-state index contributed by atoms with van der Waals surface area (Å²) in [6, 6.07) is 17.1. The number of anilines is 1. The van der Waals surface area contributed by atoms with Gasteiger partial charge in [0.2, 0.25) is 5.91 Å². The Balaban J connectivity index is 1.36. The van der Waals surface area contributed by atoms with Gasteiger partial charge < -0.3 is 24.6 Å². The maximum absolute atomic E-state index is 12.3. The summed E-state index contributed by atoms with van der Waals surface area (Å²) in [7, 11) is 1.59. The molecule has 2 aromatic carbocycles. The van der Waals surface area contributed by atoms with Gasteiger partial charge in [0.25, 0.3) is 5.91 Å². The number of nitrogens with one attached hydrogen (secondary N) is 1. The van der Waals surface area contributed by atoms with Crippen LogP contribution < -0.4 is 19.7 Å². The monoisotopic (exact) mass is 383 g/mol. The van der Waals surface area contributed by atoms with E-state index in [0.717, 1.165) is 18.8 Å². The molecule has 1 saturated heterocycles. The summed E-state index contributed by atoms with van der Waals surface area (Å²) in [5.74, 6) is 0.881. The molecule has 0 aliphatic carbocycles. The van der Waals surface area contributed by atoms with E-state index in [1.54, 1.807) is 36.3 Å². The summed E-state index contributed by atoms with van der Waals surface area (Å²) >= 11 is 0. The van der Waals surface area contributed by atoms with Crippen LogP contribution in [-0.2, 0) is 9.59 Å². The van der Waals surface area contributed by atoms with Crippen molar-refractivity contribution in [3.63, 3.8) is 0 Å². The Kier molecular flexibility index (Phi) is 6.73. The number of hydrogen-bond acceptors (Lipinski definition) is 5. The second-order valence-corrected chi connectivity index (χ2v) is 6.44. The number of benzene rings is 2. The smallest absolute Gasteiger partial charge is 0.258 e. The number of ether oxygens (including phenoxy) is 2. The molecule has 3 rings (SSSR count). The quantitative estimate of drug-likeness (QED) is 0.785. The van der Waals surface area contributed by atoms with E-state index >= 15 is 0 Å². The molecule has 1 heterocycles. The van der Waals surface area contributed by atoms with Crippen LogP contribution in [0.5, 0.6) is 11.5 Å². The third kappa shape index (κ3) is 5.39. The second-order valence-electron chi connectivity index (χ2n) is 6.44. The maximum atomic E-state index is 12.3. The number of methoxy groups -OCH3 is 1. The van der Waals surface area contributed by atoms with E-state index in [9.17, 15) is 9.59 Å². The summed E-state index contributed by atoms with van der Waals surface area (Å²) in [4.78, 5) is 28.3. The van der Waals surface area contributed by atoms with Crippen molar-refractivity contribution in [2.24, 2.45) is 0 Å². The van der Waals surface area contributed by atoms with Gasteiger partial charge in [-0.3, -0.25) is 9.59 Å². The van der Waals surface area contributed by atoms with Crippen molar-refractivity contribution >= 4 is 17.5 Å². The lowest BCUT2D eigenvalue weighted by molar-refractivity contribution is -0.133. The van der Waals surface area contributed by atoms with E-state index in [0.29, 0.717) is 18.8 Å². The maximum Gasteiger partial charge on any atom is 0.258 e. The van der Waals surface area contributed by atoms with Gasteiger partial charge in [-0.1, -0.05) is 18.2 Å². The molecule has 0 saturated carbocycles. The molecule has 1 fully saturated rings. The highest BCUT2D eigenvalue weighted by molar-refractivity contribution is 5.85. The average Bonchev–Trinajstić information content (AvgIpc) is 2.77. The van der Waals surface area contributed by atoms with Crippen LogP contribution in [0.1, 0.15) is 0 Å². The van der Waals surface area contributed by atoms with Crippen LogP contribution >= 0.6 is 0 Å². The molecule has 0 bridgehead atoms. The zero-order valence-corrected chi connectivity index (χ0v) is 16.0. The Morgan fingerprint density at radius 1 is 0.929 bits per heavy atom. The standard InChI is InChI=1S/C21H25N3O4/c1-27-18-7-9-19(10-8-18)28-16-20(25)22-15-21(26)24-13-11-23(12-14-24)17-5-3-2-4-6-17/h2-10H,11-16H2,1H3,(H,22,25).